The summed E-state index contributed by atoms with van der Waals surface area (Å²) in [6.07, 6.45) is -1.83. The Hall–Kier alpha value is -1.51. The summed E-state index contributed by atoms with van der Waals surface area (Å²) in [5.74, 6) is -2.81. The summed E-state index contributed by atoms with van der Waals surface area (Å²) in [6, 6.07) is 3.97. The van der Waals surface area contributed by atoms with Crippen molar-refractivity contribution in [2.24, 2.45) is 5.16 Å². The van der Waals surface area contributed by atoms with Crippen LogP contribution in [0.5, 0.6) is 0 Å². The lowest BCUT2D eigenvalue weighted by Gasteiger charge is -2.38. The molecule has 0 amide bonds. The molecule has 0 aliphatic carbocycles. The van der Waals surface area contributed by atoms with Gasteiger partial charge in [0.2, 0.25) is 0 Å². The number of likely N-dealkylation sites (tertiary alicyclic amines) is 1. The zero-order chi connectivity index (χ0) is 18.2. The number of aliphatic hydroxyl groups excluding tert-OH is 1. The van der Waals surface area contributed by atoms with Crippen LogP contribution in [0.4, 0.5) is 13.2 Å². The number of halogens is 4. The topological polar surface area (TPSA) is 48.3 Å². The van der Waals surface area contributed by atoms with Crippen LogP contribution in [0.2, 0.25) is 5.02 Å². The molecule has 3 rings (SSSR count). The summed E-state index contributed by atoms with van der Waals surface area (Å²) in [4.78, 5) is 8.08. The van der Waals surface area contributed by atoms with Gasteiger partial charge in [0.15, 0.2) is 5.84 Å². The highest BCUT2D eigenvalue weighted by Gasteiger charge is 2.40. The van der Waals surface area contributed by atoms with Crippen LogP contribution >= 0.6 is 11.6 Å². The van der Waals surface area contributed by atoms with E-state index in [-0.39, 0.29) is 49.1 Å². The van der Waals surface area contributed by atoms with Gasteiger partial charge in [0, 0.05) is 36.0 Å². The number of piperidine rings is 1. The first kappa shape index (κ1) is 18.3. The van der Waals surface area contributed by atoms with Gasteiger partial charge >= 0.3 is 6.41 Å². The van der Waals surface area contributed by atoms with Crippen LogP contribution in [0.1, 0.15) is 25.3 Å². The molecule has 2 aliphatic rings. The summed E-state index contributed by atoms with van der Waals surface area (Å²) in [5.41, 5.74) is 0.208. The van der Waals surface area contributed by atoms with Gasteiger partial charge in [-0.05, 0) is 19.1 Å². The van der Waals surface area contributed by atoms with E-state index in [1.165, 1.54) is 17.0 Å². The van der Waals surface area contributed by atoms with E-state index in [1.54, 1.807) is 13.0 Å². The Kier molecular flexibility index (Phi) is 5.13. The molecule has 2 aliphatic heterocycles. The number of nitrogens with zero attached hydrogens (tertiary/aromatic N) is 3. The first-order valence-electron chi connectivity index (χ1n) is 7.99. The molecule has 2 heterocycles. The van der Waals surface area contributed by atoms with Gasteiger partial charge in [-0.15, -0.1) is 0 Å². The van der Waals surface area contributed by atoms with Crippen LogP contribution in [-0.4, -0.2) is 52.2 Å². The van der Waals surface area contributed by atoms with Gasteiger partial charge in [0.1, 0.15) is 5.82 Å². The summed E-state index contributed by atoms with van der Waals surface area (Å²) < 4.78 is 40.9. The van der Waals surface area contributed by atoms with E-state index in [9.17, 15) is 18.3 Å². The molecule has 1 fully saturated rings. The SMILES string of the molecule is CC1CC(F)(F)CCN1CC1=NOC(O)N1Cc1c(F)cccc1Cl. The molecule has 1 saturated heterocycles. The molecule has 0 bridgehead atoms. The second kappa shape index (κ2) is 7.01. The Morgan fingerprint density at radius 2 is 2.16 bits per heavy atom. The van der Waals surface area contributed by atoms with Crippen molar-refractivity contribution in [1.29, 1.82) is 0 Å². The Morgan fingerprint density at radius 3 is 2.84 bits per heavy atom. The lowest BCUT2D eigenvalue weighted by molar-refractivity contribution is -0.148. The van der Waals surface area contributed by atoms with Gasteiger partial charge in [-0.2, -0.15) is 0 Å². The molecule has 0 saturated carbocycles. The fourth-order valence-corrected chi connectivity index (χ4v) is 3.32. The maximum atomic E-state index is 14.0. The fourth-order valence-electron chi connectivity index (χ4n) is 3.10. The third-order valence-corrected chi connectivity index (χ3v) is 4.92. The number of hydrogen-bond acceptors (Lipinski definition) is 5. The van der Waals surface area contributed by atoms with Crippen LogP contribution in [-0.2, 0) is 11.4 Å². The highest BCUT2D eigenvalue weighted by molar-refractivity contribution is 6.31. The van der Waals surface area contributed by atoms with E-state index in [0.29, 0.717) is 5.84 Å². The number of amidine groups is 1. The van der Waals surface area contributed by atoms with Gasteiger partial charge in [-0.3, -0.25) is 9.80 Å². The van der Waals surface area contributed by atoms with Gasteiger partial charge in [0.05, 0.1) is 13.1 Å². The van der Waals surface area contributed by atoms with Gasteiger partial charge in [-0.25, -0.2) is 13.2 Å². The van der Waals surface area contributed by atoms with Crippen LogP contribution < -0.4 is 0 Å². The molecule has 1 N–H and O–H groups in total. The number of benzene rings is 1. The lowest BCUT2D eigenvalue weighted by Crippen LogP contribution is -2.50. The number of hydrogen-bond donors (Lipinski definition) is 1. The van der Waals surface area contributed by atoms with Crippen molar-refractivity contribution in [3.63, 3.8) is 0 Å². The van der Waals surface area contributed by atoms with E-state index >= 15 is 0 Å². The number of oxime groups is 1. The predicted octanol–water partition coefficient (Wildman–Crippen LogP) is 3.02. The monoisotopic (exact) mass is 377 g/mol. The number of alkyl halides is 2. The van der Waals surface area contributed by atoms with E-state index in [1.807, 2.05) is 4.90 Å². The molecule has 1 aromatic carbocycles. The molecule has 2 unspecified atom stereocenters. The van der Waals surface area contributed by atoms with Crippen LogP contribution in [0.15, 0.2) is 23.4 Å². The van der Waals surface area contributed by atoms with E-state index in [0.717, 1.165) is 0 Å². The summed E-state index contributed by atoms with van der Waals surface area (Å²) >= 11 is 6.03. The van der Waals surface area contributed by atoms with Crippen molar-refractivity contribution in [3.8, 4) is 0 Å². The highest BCUT2D eigenvalue weighted by Crippen LogP contribution is 2.32. The molecule has 1 aromatic rings. The first-order chi connectivity index (χ1) is 11.8. The maximum absolute atomic E-state index is 14.0. The minimum absolute atomic E-state index is 0.0378. The second-order valence-corrected chi connectivity index (χ2v) is 6.80. The molecule has 138 valence electrons. The van der Waals surface area contributed by atoms with E-state index in [4.69, 9.17) is 16.4 Å². The maximum Gasteiger partial charge on any atom is 0.307 e. The average molecular weight is 378 g/mol. The number of rotatable bonds is 4. The van der Waals surface area contributed by atoms with Gasteiger partial charge < -0.3 is 9.94 Å². The van der Waals surface area contributed by atoms with E-state index < -0.39 is 18.2 Å². The summed E-state index contributed by atoms with van der Waals surface area (Å²) in [7, 11) is 0. The van der Waals surface area contributed by atoms with Crippen LogP contribution in [0.25, 0.3) is 0 Å². The third-order valence-electron chi connectivity index (χ3n) is 4.57. The zero-order valence-electron chi connectivity index (χ0n) is 13.6. The zero-order valence-corrected chi connectivity index (χ0v) is 14.4. The van der Waals surface area contributed by atoms with Crippen LogP contribution in [0, 0.1) is 5.82 Å². The first-order valence-corrected chi connectivity index (χ1v) is 8.37. The van der Waals surface area contributed by atoms with Crippen molar-refractivity contribution in [3.05, 3.63) is 34.6 Å². The molecule has 25 heavy (non-hydrogen) atoms. The standard InChI is InChI=1S/C16H19ClF3N3O2/c1-10-7-16(19,20)5-6-22(10)9-14-21-25-15(24)23(14)8-11-12(17)3-2-4-13(11)18/h2-4,10,15,24H,5-9H2,1H3. The molecular weight excluding hydrogens is 359 g/mol. The molecule has 0 spiro atoms. The van der Waals surface area contributed by atoms with Gasteiger partial charge in [0.25, 0.3) is 5.92 Å². The Balaban J connectivity index is 1.71. The Morgan fingerprint density at radius 1 is 1.40 bits per heavy atom. The fraction of sp³-hybridized carbons (Fsp3) is 0.562. The minimum Gasteiger partial charge on any atom is -0.340 e. The minimum atomic E-state index is -2.66. The molecule has 0 radical (unpaired) electrons. The van der Waals surface area contributed by atoms with Crippen molar-refractivity contribution < 1.29 is 23.1 Å². The van der Waals surface area contributed by atoms with Crippen LogP contribution in [0.3, 0.4) is 0 Å². The smallest absolute Gasteiger partial charge is 0.307 e. The summed E-state index contributed by atoms with van der Waals surface area (Å²) in [6.45, 7) is 2.11. The second-order valence-electron chi connectivity index (χ2n) is 6.40. The quantitative estimate of drug-likeness (QED) is 0.876. The van der Waals surface area contributed by atoms with Crippen molar-refractivity contribution in [2.45, 2.75) is 44.7 Å². The summed E-state index contributed by atoms with van der Waals surface area (Å²) in [5, 5.41) is 14.0. The average Bonchev–Trinajstić information content (AvgIpc) is 2.86. The molecule has 9 heteroatoms. The highest BCUT2D eigenvalue weighted by atomic mass is 35.5. The normalized spacial score (nSPS) is 26.5. The van der Waals surface area contributed by atoms with Gasteiger partial charge in [-0.1, -0.05) is 22.8 Å². The molecule has 2 atom stereocenters. The lowest BCUT2D eigenvalue weighted by atomic mass is 10.00. The van der Waals surface area contributed by atoms with Crippen molar-refractivity contribution in [2.75, 3.05) is 13.1 Å². The third kappa shape index (κ3) is 4.02. The number of aliphatic hydroxyl groups is 1. The Labute approximate surface area is 148 Å². The largest absolute Gasteiger partial charge is 0.340 e. The molecular formula is C16H19ClF3N3O2. The van der Waals surface area contributed by atoms with Crippen molar-refractivity contribution >= 4 is 17.4 Å². The molecule has 5 nitrogen and oxygen atoms in total. The van der Waals surface area contributed by atoms with E-state index in [2.05, 4.69) is 5.16 Å². The van der Waals surface area contributed by atoms with Crippen molar-refractivity contribution in [1.82, 2.24) is 9.80 Å². The Bertz CT molecular complexity index is 654. The predicted molar refractivity (Wildman–Crippen MR) is 86.7 cm³/mol. The molecule has 0 aromatic heterocycles.